The lowest BCUT2D eigenvalue weighted by atomic mass is 9.68. The topological polar surface area (TPSA) is 55.1 Å². The van der Waals surface area contributed by atoms with Crippen LogP contribution in [0.3, 0.4) is 0 Å². The molecule has 2 aliphatic carbocycles. The van der Waals surface area contributed by atoms with Crippen LogP contribution in [0.2, 0.25) is 0 Å². The highest BCUT2D eigenvalue weighted by atomic mass is 32.2. The summed E-state index contributed by atoms with van der Waals surface area (Å²) in [6.07, 6.45) is 7.20. The molecule has 0 saturated heterocycles. The Balaban J connectivity index is 1.90. The van der Waals surface area contributed by atoms with E-state index in [1.54, 1.807) is 0 Å². The Labute approximate surface area is 106 Å². The molecule has 0 unspecified atom stereocenters. The molecule has 2 fully saturated rings. The number of thioether (sulfide) groups is 1. The average molecular weight is 258 g/mol. The first kappa shape index (κ1) is 12.2. The summed E-state index contributed by atoms with van der Waals surface area (Å²) in [5.74, 6) is 0.0478. The molecule has 0 heterocycles. The molecule has 90 valence electrons. The van der Waals surface area contributed by atoms with Crippen molar-refractivity contribution in [1.82, 2.24) is 5.32 Å². The molecule has 0 spiro atoms. The number of thiocarbonyl (C=S) groups is 1. The van der Waals surface area contributed by atoms with Gasteiger partial charge in [0.2, 0.25) is 5.91 Å². The van der Waals surface area contributed by atoms with Crippen LogP contribution in [0.25, 0.3) is 0 Å². The zero-order valence-electron chi connectivity index (χ0n) is 9.54. The van der Waals surface area contributed by atoms with E-state index >= 15 is 0 Å². The zero-order valence-corrected chi connectivity index (χ0v) is 11.2. The minimum absolute atomic E-state index is 0.0478. The molecule has 1 amide bonds. The van der Waals surface area contributed by atoms with Gasteiger partial charge >= 0.3 is 0 Å². The van der Waals surface area contributed by atoms with E-state index in [0.717, 1.165) is 25.8 Å². The number of amides is 1. The molecule has 2 rings (SSSR count). The van der Waals surface area contributed by atoms with Gasteiger partial charge in [-0.1, -0.05) is 18.6 Å². The van der Waals surface area contributed by atoms with Gasteiger partial charge in [-0.05, 0) is 31.9 Å². The second kappa shape index (κ2) is 4.18. The number of hydrogen-bond acceptors (Lipinski definition) is 3. The van der Waals surface area contributed by atoms with Crippen LogP contribution in [-0.2, 0) is 4.79 Å². The van der Waals surface area contributed by atoms with Gasteiger partial charge in [0.05, 0.1) is 10.4 Å². The molecule has 3 N–H and O–H groups in total. The predicted molar refractivity (Wildman–Crippen MR) is 71.6 cm³/mol. The van der Waals surface area contributed by atoms with E-state index in [2.05, 4.69) is 11.6 Å². The summed E-state index contributed by atoms with van der Waals surface area (Å²) in [5, 5.41) is 3.03. The first-order valence-corrected chi connectivity index (χ1v) is 7.31. The summed E-state index contributed by atoms with van der Waals surface area (Å²) in [7, 11) is 0. The molecule has 0 aliphatic heterocycles. The second-order valence-electron chi connectivity index (χ2n) is 4.87. The highest BCUT2D eigenvalue weighted by Crippen LogP contribution is 2.47. The van der Waals surface area contributed by atoms with Crippen LogP contribution in [0.1, 0.15) is 32.1 Å². The van der Waals surface area contributed by atoms with Gasteiger partial charge in [-0.25, -0.2) is 0 Å². The molecule has 3 nitrogen and oxygen atoms in total. The third kappa shape index (κ3) is 1.95. The Morgan fingerprint density at radius 3 is 2.38 bits per heavy atom. The molecular formula is C11H18N2OS2. The maximum Gasteiger partial charge on any atom is 0.233 e. The SMILES string of the molecule is CSC1(CNC(=O)C2(C(N)=S)CCC2)CC1. The van der Waals surface area contributed by atoms with Crippen molar-refractivity contribution in [2.24, 2.45) is 11.1 Å². The molecular weight excluding hydrogens is 240 g/mol. The van der Waals surface area contributed by atoms with Crippen LogP contribution in [0.15, 0.2) is 0 Å². The molecule has 16 heavy (non-hydrogen) atoms. The lowest BCUT2D eigenvalue weighted by Crippen LogP contribution is -2.54. The van der Waals surface area contributed by atoms with Crippen LogP contribution in [-0.4, -0.2) is 28.4 Å². The van der Waals surface area contributed by atoms with Gasteiger partial charge in [-0.2, -0.15) is 11.8 Å². The Morgan fingerprint density at radius 2 is 2.06 bits per heavy atom. The minimum atomic E-state index is -0.524. The van der Waals surface area contributed by atoms with E-state index in [0.29, 0.717) is 9.74 Å². The van der Waals surface area contributed by atoms with Crippen LogP contribution in [0.4, 0.5) is 0 Å². The fourth-order valence-electron chi connectivity index (χ4n) is 2.12. The smallest absolute Gasteiger partial charge is 0.233 e. The Bertz CT molecular complexity index is 322. The first-order chi connectivity index (χ1) is 7.55. The summed E-state index contributed by atoms with van der Waals surface area (Å²) in [6.45, 7) is 0.761. The molecule has 0 atom stereocenters. The van der Waals surface area contributed by atoms with E-state index in [1.165, 1.54) is 12.8 Å². The maximum absolute atomic E-state index is 12.1. The zero-order chi connectivity index (χ0) is 11.8. The van der Waals surface area contributed by atoms with Gasteiger partial charge in [0.1, 0.15) is 0 Å². The van der Waals surface area contributed by atoms with Gasteiger partial charge in [-0.15, -0.1) is 0 Å². The van der Waals surface area contributed by atoms with E-state index in [9.17, 15) is 4.79 Å². The second-order valence-corrected chi connectivity index (χ2v) is 6.58. The summed E-state index contributed by atoms with van der Waals surface area (Å²) in [4.78, 5) is 12.5. The Morgan fingerprint density at radius 1 is 1.44 bits per heavy atom. The van der Waals surface area contributed by atoms with Crippen LogP contribution < -0.4 is 11.1 Å². The van der Waals surface area contributed by atoms with Crippen LogP contribution in [0.5, 0.6) is 0 Å². The van der Waals surface area contributed by atoms with Crippen molar-refractivity contribution < 1.29 is 4.79 Å². The highest BCUT2D eigenvalue weighted by molar-refractivity contribution is 8.00. The average Bonchev–Trinajstić information content (AvgIpc) is 2.93. The maximum atomic E-state index is 12.1. The Hall–Kier alpha value is -0.290. The first-order valence-electron chi connectivity index (χ1n) is 5.68. The van der Waals surface area contributed by atoms with Crippen molar-refractivity contribution in [2.75, 3.05) is 12.8 Å². The third-order valence-corrected chi connectivity index (χ3v) is 5.73. The van der Waals surface area contributed by atoms with Gasteiger partial charge < -0.3 is 11.1 Å². The van der Waals surface area contributed by atoms with E-state index < -0.39 is 5.41 Å². The number of nitrogens with two attached hydrogens (primary N) is 1. The number of rotatable bonds is 5. The van der Waals surface area contributed by atoms with E-state index in [1.807, 2.05) is 11.8 Å². The molecule has 0 bridgehead atoms. The summed E-state index contributed by atoms with van der Waals surface area (Å²) in [6, 6.07) is 0. The standard InChI is InChI=1S/C11H18N2OS2/c1-16-10(5-6-10)7-13-9(14)11(8(12)15)3-2-4-11/h2-7H2,1H3,(H2,12,15)(H,13,14). The monoisotopic (exact) mass is 258 g/mol. The molecule has 2 aliphatic rings. The van der Waals surface area contributed by atoms with Gasteiger partial charge in [0, 0.05) is 11.3 Å². The quantitative estimate of drug-likeness (QED) is 0.733. The number of hydrogen-bond donors (Lipinski definition) is 2. The van der Waals surface area contributed by atoms with Crippen molar-refractivity contribution in [3.63, 3.8) is 0 Å². The molecule has 2 saturated carbocycles. The van der Waals surface area contributed by atoms with E-state index in [4.69, 9.17) is 18.0 Å². The number of carbonyl (C=O) groups excluding carboxylic acids is 1. The van der Waals surface area contributed by atoms with Crippen molar-refractivity contribution >= 4 is 34.9 Å². The normalized spacial score (nSPS) is 24.3. The fourth-order valence-corrected chi connectivity index (χ4v) is 3.14. The summed E-state index contributed by atoms with van der Waals surface area (Å²) < 4.78 is 0.302. The lowest BCUT2D eigenvalue weighted by molar-refractivity contribution is -0.130. The molecule has 0 aromatic carbocycles. The van der Waals surface area contributed by atoms with Crippen LogP contribution >= 0.6 is 24.0 Å². The fraction of sp³-hybridized carbons (Fsp3) is 0.818. The molecule has 0 aromatic heterocycles. The molecule has 0 aromatic rings. The summed E-state index contributed by atoms with van der Waals surface area (Å²) >= 11 is 6.87. The molecule has 0 radical (unpaired) electrons. The summed E-state index contributed by atoms with van der Waals surface area (Å²) in [5.41, 5.74) is 5.16. The van der Waals surface area contributed by atoms with Gasteiger partial charge in [-0.3, -0.25) is 4.79 Å². The van der Waals surface area contributed by atoms with Gasteiger partial charge in [0.15, 0.2) is 0 Å². The van der Waals surface area contributed by atoms with E-state index in [-0.39, 0.29) is 5.91 Å². The van der Waals surface area contributed by atoms with Crippen molar-refractivity contribution in [3.8, 4) is 0 Å². The lowest BCUT2D eigenvalue weighted by Gasteiger charge is -2.39. The largest absolute Gasteiger partial charge is 0.392 e. The minimum Gasteiger partial charge on any atom is -0.392 e. The predicted octanol–water partition coefficient (Wildman–Crippen LogP) is 1.45. The van der Waals surface area contributed by atoms with Gasteiger partial charge in [0.25, 0.3) is 0 Å². The Kier molecular flexibility index (Phi) is 3.18. The number of nitrogens with one attached hydrogen (secondary N) is 1. The third-order valence-electron chi connectivity index (χ3n) is 3.93. The molecule has 5 heteroatoms. The van der Waals surface area contributed by atoms with Crippen LogP contribution in [0, 0.1) is 5.41 Å². The number of carbonyl (C=O) groups is 1. The van der Waals surface area contributed by atoms with Crippen molar-refractivity contribution in [1.29, 1.82) is 0 Å². The van der Waals surface area contributed by atoms with Crippen molar-refractivity contribution in [2.45, 2.75) is 36.9 Å². The van der Waals surface area contributed by atoms with Crippen molar-refractivity contribution in [3.05, 3.63) is 0 Å². The highest BCUT2D eigenvalue weighted by Gasteiger charge is 2.48.